The number of benzene rings is 1. The maximum Gasteiger partial charge on any atom is 0.138 e. The van der Waals surface area contributed by atoms with Crippen molar-refractivity contribution in [3.05, 3.63) is 35.1 Å². The van der Waals surface area contributed by atoms with E-state index in [0.29, 0.717) is 0 Å². The topological polar surface area (TPSA) is 41.1 Å². The van der Waals surface area contributed by atoms with Crippen molar-refractivity contribution in [1.29, 1.82) is 0 Å². The summed E-state index contributed by atoms with van der Waals surface area (Å²) in [5.41, 5.74) is 1.85. The third kappa shape index (κ3) is 2.13. The van der Waals surface area contributed by atoms with E-state index in [-0.39, 0.29) is 17.9 Å². The molecule has 1 aliphatic rings. The fraction of sp³-hybridized carbons (Fsp3) is 0.417. The molecule has 0 radical (unpaired) electrons. The largest absolute Gasteiger partial charge is 0.307 e. The van der Waals surface area contributed by atoms with Crippen molar-refractivity contribution in [2.24, 2.45) is 0 Å². The highest BCUT2D eigenvalue weighted by molar-refractivity contribution is 5.60. The zero-order chi connectivity index (χ0) is 11.5. The minimum Gasteiger partial charge on any atom is -0.307 e. The van der Waals surface area contributed by atoms with Crippen LogP contribution in [0.5, 0.6) is 0 Å². The molecule has 1 aromatic carbocycles. The Morgan fingerprint density at radius 3 is 2.81 bits per heavy atom. The van der Waals surface area contributed by atoms with Crippen molar-refractivity contribution in [3.8, 4) is 0 Å². The first-order chi connectivity index (χ1) is 7.72. The molecule has 1 aromatic rings. The van der Waals surface area contributed by atoms with E-state index in [2.05, 4.69) is 10.6 Å². The number of carbonyl (C=O) groups excluding carboxylic acids is 1. The number of aldehydes is 1. The molecule has 3 nitrogen and oxygen atoms in total. The Kier molecular flexibility index (Phi) is 3.31. The predicted molar refractivity (Wildman–Crippen MR) is 59.7 cm³/mol. The lowest BCUT2D eigenvalue weighted by Gasteiger charge is -2.31. The molecule has 86 valence electrons. The van der Waals surface area contributed by atoms with Crippen LogP contribution in [-0.4, -0.2) is 25.4 Å². The first-order valence-corrected chi connectivity index (χ1v) is 5.40. The summed E-state index contributed by atoms with van der Waals surface area (Å²) in [5, 5.41) is 6.42. The van der Waals surface area contributed by atoms with Crippen molar-refractivity contribution in [2.75, 3.05) is 13.1 Å². The first-order valence-electron chi connectivity index (χ1n) is 5.40. The highest BCUT2D eigenvalue weighted by Crippen LogP contribution is 2.22. The van der Waals surface area contributed by atoms with E-state index in [1.165, 1.54) is 12.1 Å². The van der Waals surface area contributed by atoms with Crippen LogP contribution in [0.4, 0.5) is 4.39 Å². The Hall–Kier alpha value is -1.26. The molecule has 0 bridgehead atoms. The zero-order valence-electron chi connectivity index (χ0n) is 9.16. The number of nitrogens with one attached hydrogen (secondary N) is 2. The SMILES string of the molecule is Cc1cc(F)ccc1C1NCCNC1C=O. The monoisotopic (exact) mass is 222 g/mol. The van der Waals surface area contributed by atoms with E-state index in [9.17, 15) is 9.18 Å². The van der Waals surface area contributed by atoms with Crippen molar-refractivity contribution < 1.29 is 9.18 Å². The molecule has 0 aromatic heterocycles. The summed E-state index contributed by atoms with van der Waals surface area (Å²) in [6.45, 7) is 3.45. The van der Waals surface area contributed by atoms with Gasteiger partial charge in [0.25, 0.3) is 0 Å². The lowest BCUT2D eigenvalue weighted by atomic mass is 9.94. The standard InChI is InChI=1S/C12H15FN2O/c1-8-6-9(13)2-3-10(8)12-11(7-16)14-4-5-15-12/h2-3,6-7,11-12,14-15H,4-5H2,1H3. The highest BCUT2D eigenvalue weighted by atomic mass is 19.1. The summed E-state index contributed by atoms with van der Waals surface area (Å²) in [4.78, 5) is 10.9. The molecule has 1 saturated heterocycles. The molecule has 0 spiro atoms. The molecule has 0 amide bonds. The molecule has 1 heterocycles. The molecule has 2 N–H and O–H groups in total. The van der Waals surface area contributed by atoms with Gasteiger partial charge in [0.1, 0.15) is 12.1 Å². The van der Waals surface area contributed by atoms with E-state index in [0.717, 1.165) is 30.5 Å². The van der Waals surface area contributed by atoms with Crippen LogP contribution >= 0.6 is 0 Å². The third-order valence-electron chi connectivity index (χ3n) is 2.94. The molecule has 2 unspecified atom stereocenters. The van der Waals surface area contributed by atoms with Gasteiger partial charge >= 0.3 is 0 Å². The van der Waals surface area contributed by atoms with E-state index in [4.69, 9.17) is 0 Å². The normalized spacial score (nSPS) is 25.4. The Labute approximate surface area is 94.0 Å². The van der Waals surface area contributed by atoms with Gasteiger partial charge < -0.3 is 15.4 Å². The van der Waals surface area contributed by atoms with Crippen molar-refractivity contribution >= 4 is 6.29 Å². The van der Waals surface area contributed by atoms with Crippen LogP contribution in [0, 0.1) is 12.7 Å². The van der Waals surface area contributed by atoms with Gasteiger partial charge in [-0.2, -0.15) is 0 Å². The van der Waals surface area contributed by atoms with Gasteiger partial charge in [-0.3, -0.25) is 0 Å². The molecule has 0 aliphatic carbocycles. The smallest absolute Gasteiger partial charge is 0.138 e. The molecule has 0 saturated carbocycles. The predicted octanol–water partition coefficient (Wildman–Crippen LogP) is 0.936. The van der Waals surface area contributed by atoms with Crippen molar-refractivity contribution in [1.82, 2.24) is 10.6 Å². The van der Waals surface area contributed by atoms with Gasteiger partial charge in [-0.25, -0.2) is 4.39 Å². The Balaban J connectivity index is 2.30. The fourth-order valence-corrected chi connectivity index (χ4v) is 2.13. The first kappa shape index (κ1) is 11.2. The molecule has 1 aliphatic heterocycles. The van der Waals surface area contributed by atoms with E-state index in [1.54, 1.807) is 6.07 Å². The minimum absolute atomic E-state index is 0.0631. The molecule has 2 rings (SSSR count). The number of piperazine rings is 1. The van der Waals surface area contributed by atoms with Gasteiger partial charge in [0.15, 0.2) is 0 Å². The van der Waals surface area contributed by atoms with Crippen LogP contribution in [0.25, 0.3) is 0 Å². The number of aryl methyl sites for hydroxylation is 1. The average molecular weight is 222 g/mol. The fourth-order valence-electron chi connectivity index (χ4n) is 2.13. The Bertz CT molecular complexity index is 395. The number of hydrogen-bond acceptors (Lipinski definition) is 3. The summed E-state index contributed by atoms with van der Waals surface area (Å²) >= 11 is 0. The van der Waals surface area contributed by atoms with Crippen molar-refractivity contribution in [3.63, 3.8) is 0 Å². The molecular formula is C12H15FN2O. The second-order valence-electron chi connectivity index (χ2n) is 4.05. The van der Waals surface area contributed by atoms with Gasteiger partial charge in [0.05, 0.1) is 12.1 Å². The summed E-state index contributed by atoms with van der Waals surface area (Å²) in [7, 11) is 0. The van der Waals surface area contributed by atoms with Crippen LogP contribution in [0.2, 0.25) is 0 Å². The van der Waals surface area contributed by atoms with Gasteiger partial charge in [0.2, 0.25) is 0 Å². The molecule has 1 fully saturated rings. The van der Waals surface area contributed by atoms with Crippen LogP contribution in [0.1, 0.15) is 17.2 Å². The summed E-state index contributed by atoms with van der Waals surface area (Å²) in [5.74, 6) is -0.243. The molecule has 4 heteroatoms. The van der Waals surface area contributed by atoms with Crippen LogP contribution in [0.3, 0.4) is 0 Å². The maximum absolute atomic E-state index is 13.0. The summed E-state index contributed by atoms with van der Waals surface area (Å²) in [6.07, 6.45) is 0.902. The second-order valence-corrected chi connectivity index (χ2v) is 4.05. The summed E-state index contributed by atoms with van der Waals surface area (Å²) in [6, 6.07) is 4.37. The lowest BCUT2D eigenvalue weighted by molar-refractivity contribution is -0.110. The van der Waals surface area contributed by atoms with Crippen LogP contribution in [-0.2, 0) is 4.79 Å². The van der Waals surface area contributed by atoms with Gasteiger partial charge in [-0.1, -0.05) is 6.07 Å². The second kappa shape index (κ2) is 4.72. The lowest BCUT2D eigenvalue weighted by Crippen LogP contribution is -2.51. The van der Waals surface area contributed by atoms with E-state index in [1.807, 2.05) is 6.92 Å². The van der Waals surface area contributed by atoms with Gasteiger partial charge in [-0.05, 0) is 30.2 Å². The zero-order valence-corrected chi connectivity index (χ0v) is 9.16. The van der Waals surface area contributed by atoms with Crippen LogP contribution < -0.4 is 10.6 Å². The van der Waals surface area contributed by atoms with Gasteiger partial charge in [0, 0.05) is 13.1 Å². The average Bonchev–Trinajstić information content (AvgIpc) is 2.29. The Morgan fingerprint density at radius 1 is 1.38 bits per heavy atom. The number of hydrogen-bond donors (Lipinski definition) is 2. The number of halogens is 1. The Morgan fingerprint density at radius 2 is 2.12 bits per heavy atom. The quantitative estimate of drug-likeness (QED) is 0.732. The van der Waals surface area contributed by atoms with Crippen molar-refractivity contribution in [2.45, 2.75) is 19.0 Å². The molecule has 16 heavy (non-hydrogen) atoms. The molecule has 2 atom stereocenters. The molecular weight excluding hydrogens is 207 g/mol. The van der Waals surface area contributed by atoms with Gasteiger partial charge in [-0.15, -0.1) is 0 Å². The number of rotatable bonds is 2. The van der Waals surface area contributed by atoms with E-state index < -0.39 is 0 Å². The summed E-state index contributed by atoms with van der Waals surface area (Å²) < 4.78 is 13.0. The maximum atomic E-state index is 13.0. The highest BCUT2D eigenvalue weighted by Gasteiger charge is 2.26. The third-order valence-corrected chi connectivity index (χ3v) is 2.94. The van der Waals surface area contributed by atoms with E-state index >= 15 is 0 Å². The minimum atomic E-state index is -0.243. The number of carbonyl (C=O) groups is 1. The van der Waals surface area contributed by atoms with Crippen LogP contribution in [0.15, 0.2) is 18.2 Å².